The fourth-order valence-electron chi connectivity index (χ4n) is 2.54. The molecular formula is C18H21N5O2. The highest BCUT2D eigenvalue weighted by Gasteiger charge is 2.13. The minimum atomic E-state index is -0.229. The van der Waals surface area contributed by atoms with Crippen LogP contribution in [0, 0.1) is 6.92 Å². The SMILES string of the molecule is Cc1ccnc(Nc2cc3ccn(C)c(=O)c3c(N[C@@H](C)CO)n2)c1. The molecule has 0 bridgehead atoms. The van der Waals surface area contributed by atoms with Gasteiger partial charge in [-0.25, -0.2) is 9.97 Å². The molecule has 3 rings (SSSR count). The lowest BCUT2D eigenvalue weighted by Gasteiger charge is -2.16. The van der Waals surface area contributed by atoms with Crippen LogP contribution in [0.1, 0.15) is 12.5 Å². The summed E-state index contributed by atoms with van der Waals surface area (Å²) >= 11 is 0. The van der Waals surface area contributed by atoms with E-state index in [9.17, 15) is 9.90 Å². The van der Waals surface area contributed by atoms with Crippen LogP contribution in [0.2, 0.25) is 0 Å². The van der Waals surface area contributed by atoms with Crippen molar-refractivity contribution in [2.45, 2.75) is 19.9 Å². The van der Waals surface area contributed by atoms with Gasteiger partial charge in [0.25, 0.3) is 5.56 Å². The molecule has 0 aliphatic heterocycles. The molecule has 3 heterocycles. The number of pyridine rings is 3. The third kappa shape index (κ3) is 3.61. The van der Waals surface area contributed by atoms with Crippen LogP contribution in [0.15, 0.2) is 41.5 Å². The second-order valence-electron chi connectivity index (χ2n) is 6.12. The Balaban J connectivity index is 2.11. The first kappa shape index (κ1) is 16.9. The van der Waals surface area contributed by atoms with E-state index in [2.05, 4.69) is 20.6 Å². The van der Waals surface area contributed by atoms with Crippen molar-refractivity contribution in [2.75, 3.05) is 17.2 Å². The van der Waals surface area contributed by atoms with E-state index in [1.54, 1.807) is 19.4 Å². The minimum Gasteiger partial charge on any atom is -0.394 e. The molecule has 0 radical (unpaired) electrons. The number of rotatable bonds is 5. The summed E-state index contributed by atoms with van der Waals surface area (Å²) in [5, 5.41) is 16.9. The zero-order valence-electron chi connectivity index (χ0n) is 14.4. The fraction of sp³-hybridized carbons (Fsp3) is 0.278. The first-order chi connectivity index (χ1) is 12.0. The molecule has 0 unspecified atom stereocenters. The molecule has 0 aliphatic carbocycles. The van der Waals surface area contributed by atoms with Crippen LogP contribution in [-0.4, -0.2) is 32.3 Å². The Morgan fingerprint density at radius 2 is 2.08 bits per heavy atom. The highest BCUT2D eigenvalue weighted by Crippen LogP contribution is 2.24. The van der Waals surface area contributed by atoms with Crippen LogP contribution in [0.25, 0.3) is 10.8 Å². The first-order valence-corrected chi connectivity index (χ1v) is 8.05. The zero-order valence-corrected chi connectivity index (χ0v) is 14.4. The van der Waals surface area contributed by atoms with Crippen LogP contribution in [0.4, 0.5) is 17.5 Å². The van der Waals surface area contributed by atoms with Gasteiger partial charge in [-0.05, 0) is 49.1 Å². The monoisotopic (exact) mass is 339 g/mol. The Bertz CT molecular complexity index is 967. The molecule has 7 nitrogen and oxygen atoms in total. The van der Waals surface area contributed by atoms with E-state index in [1.165, 1.54) is 4.57 Å². The van der Waals surface area contributed by atoms with Crippen LogP contribution in [0.5, 0.6) is 0 Å². The molecule has 3 aromatic rings. The number of anilines is 3. The molecule has 1 atom stereocenters. The predicted octanol–water partition coefficient (Wildman–Crippen LogP) is 2.17. The summed E-state index contributed by atoms with van der Waals surface area (Å²) in [6, 6.07) is 7.28. The van der Waals surface area contributed by atoms with Crippen molar-refractivity contribution in [1.82, 2.24) is 14.5 Å². The first-order valence-electron chi connectivity index (χ1n) is 8.05. The Morgan fingerprint density at radius 3 is 2.80 bits per heavy atom. The van der Waals surface area contributed by atoms with Crippen LogP contribution >= 0.6 is 0 Å². The second-order valence-corrected chi connectivity index (χ2v) is 6.12. The van der Waals surface area contributed by atoms with Crippen molar-refractivity contribution < 1.29 is 5.11 Å². The Hall–Kier alpha value is -2.93. The van der Waals surface area contributed by atoms with Gasteiger partial charge in [0.1, 0.15) is 17.5 Å². The average Bonchev–Trinajstić information content (AvgIpc) is 2.58. The maximum Gasteiger partial charge on any atom is 0.261 e. The normalized spacial score (nSPS) is 12.2. The predicted molar refractivity (Wildman–Crippen MR) is 99.4 cm³/mol. The fourth-order valence-corrected chi connectivity index (χ4v) is 2.54. The van der Waals surface area contributed by atoms with E-state index in [0.29, 0.717) is 22.8 Å². The van der Waals surface area contributed by atoms with Gasteiger partial charge in [-0.15, -0.1) is 0 Å². The lowest BCUT2D eigenvalue weighted by atomic mass is 10.2. The topological polar surface area (TPSA) is 92.1 Å². The van der Waals surface area contributed by atoms with Crippen molar-refractivity contribution in [3.63, 3.8) is 0 Å². The van der Waals surface area contributed by atoms with Gasteiger partial charge in [-0.3, -0.25) is 4.79 Å². The molecule has 25 heavy (non-hydrogen) atoms. The molecule has 0 spiro atoms. The van der Waals surface area contributed by atoms with Gasteiger partial charge in [-0.1, -0.05) is 0 Å². The average molecular weight is 339 g/mol. The highest BCUT2D eigenvalue weighted by molar-refractivity contribution is 5.93. The van der Waals surface area contributed by atoms with Crippen molar-refractivity contribution in [2.24, 2.45) is 7.05 Å². The molecule has 0 saturated heterocycles. The summed E-state index contributed by atoms with van der Waals surface area (Å²) in [7, 11) is 1.70. The number of nitrogens with one attached hydrogen (secondary N) is 2. The molecule has 7 heteroatoms. The Kier molecular flexibility index (Phi) is 4.67. The molecule has 130 valence electrons. The maximum absolute atomic E-state index is 12.5. The molecule has 3 aromatic heterocycles. The number of aliphatic hydroxyl groups excluding tert-OH is 1. The number of hydrogen-bond donors (Lipinski definition) is 3. The van der Waals surface area contributed by atoms with E-state index in [4.69, 9.17) is 0 Å². The largest absolute Gasteiger partial charge is 0.394 e. The van der Waals surface area contributed by atoms with Gasteiger partial charge < -0.3 is 20.3 Å². The van der Waals surface area contributed by atoms with Crippen LogP contribution in [-0.2, 0) is 7.05 Å². The third-order valence-electron chi connectivity index (χ3n) is 3.89. The standard InChI is InChI=1S/C18H21N5O2/c1-11-4-6-19-14(8-11)21-15-9-13-5-7-23(3)18(25)16(13)17(22-15)20-12(2)10-24/h4-9,12,24H,10H2,1-3H3,(H2,19,20,21,22)/t12-/m0/s1. The molecule has 0 amide bonds. The number of aromatic nitrogens is 3. The van der Waals surface area contributed by atoms with Crippen molar-refractivity contribution >= 4 is 28.2 Å². The van der Waals surface area contributed by atoms with Gasteiger partial charge in [0.05, 0.1) is 12.0 Å². The summed E-state index contributed by atoms with van der Waals surface area (Å²) in [5.41, 5.74) is 0.942. The Morgan fingerprint density at radius 1 is 1.28 bits per heavy atom. The number of fused-ring (bicyclic) bond motifs is 1. The number of aliphatic hydroxyl groups is 1. The van der Waals surface area contributed by atoms with Crippen molar-refractivity contribution in [1.29, 1.82) is 0 Å². The molecular weight excluding hydrogens is 318 g/mol. The molecule has 3 N–H and O–H groups in total. The number of nitrogens with zero attached hydrogens (tertiary/aromatic N) is 3. The number of aryl methyl sites for hydroxylation is 2. The molecule has 0 saturated carbocycles. The lowest BCUT2D eigenvalue weighted by molar-refractivity contribution is 0.281. The summed E-state index contributed by atoms with van der Waals surface area (Å²) < 4.78 is 1.51. The Labute approximate surface area is 145 Å². The van der Waals surface area contributed by atoms with E-state index >= 15 is 0 Å². The van der Waals surface area contributed by atoms with Crippen LogP contribution in [0.3, 0.4) is 0 Å². The van der Waals surface area contributed by atoms with E-state index in [-0.39, 0.29) is 18.2 Å². The minimum absolute atomic E-state index is 0.0621. The summed E-state index contributed by atoms with van der Waals surface area (Å²) in [4.78, 5) is 21.3. The van der Waals surface area contributed by atoms with E-state index in [0.717, 1.165) is 10.9 Å². The lowest BCUT2D eigenvalue weighted by Crippen LogP contribution is -2.23. The smallest absolute Gasteiger partial charge is 0.261 e. The second kappa shape index (κ2) is 6.90. The van der Waals surface area contributed by atoms with Gasteiger partial charge in [-0.2, -0.15) is 0 Å². The van der Waals surface area contributed by atoms with Crippen LogP contribution < -0.4 is 16.2 Å². The molecule has 0 aliphatic rings. The quantitative estimate of drug-likeness (QED) is 0.660. The van der Waals surface area contributed by atoms with Gasteiger partial charge in [0, 0.05) is 25.5 Å². The summed E-state index contributed by atoms with van der Waals surface area (Å²) in [6.45, 7) is 3.75. The van der Waals surface area contributed by atoms with Gasteiger partial charge >= 0.3 is 0 Å². The zero-order chi connectivity index (χ0) is 18.0. The number of hydrogen-bond acceptors (Lipinski definition) is 6. The van der Waals surface area contributed by atoms with Crippen molar-refractivity contribution in [3.05, 3.63) is 52.6 Å². The molecule has 0 aromatic carbocycles. The third-order valence-corrected chi connectivity index (χ3v) is 3.89. The molecule has 0 fully saturated rings. The summed E-state index contributed by atoms with van der Waals surface area (Å²) in [5.74, 6) is 1.69. The highest BCUT2D eigenvalue weighted by atomic mass is 16.3. The summed E-state index contributed by atoms with van der Waals surface area (Å²) in [6.07, 6.45) is 3.44. The van der Waals surface area contributed by atoms with E-state index in [1.807, 2.05) is 38.1 Å². The van der Waals surface area contributed by atoms with Gasteiger partial charge in [0.15, 0.2) is 0 Å². The maximum atomic E-state index is 12.5. The van der Waals surface area contributed by atoms with Crippen molar-refractivity contribution in [3.8, 4) is 0 Å². The van der Waals surface area contributed by atoms with Gasteiger partial charge in [0.2, 0.25) is 0 Å². The van der Waals surface area contributed by atoms with E-state index < -0.39 is 0 Å².